The first kappa shape index (κ1) is 10.7. The predicted molar refractivity (Wildman–Crippen MR) is 70.0 cm³/mol. The molecule has 0 amide bonds. The van der Waals surface area contributed by atoms with Gasteiger partial charge in [-0.15, -0.1) is 11.8 Å². The van der Waals surface area contributed by atoms with E-state index in [9.17, 15) is 0 Å². The minimum Gasteiger partial charge on any atom is -0.307 e. The summed E-state index contributed by atoms with van der Waals surface area (Å²) in [4.78, 5) is 1.54. The molecule has 1 unspecified atom stereocenters. The van der Waals surface area contributed by atoms with Crippen LogP contribution in [0, 0.1) is 6.92 Å². The first-order valence-electron chi connectivity index (χ1n) is 6.33. The maximum absolute atomic E-state index is 3.80. The number of hydrogen-bond acceptors (Lipinski definition) is 2. The molecule has 0 radical (unpaired) electrons. The van der Waals surface area contributed by atoms with Crippen molar-refractivity contribution in [2.24, 2.45) is 0 Å². The quantitative estimate of drug-likeness (QED) is 0.836. The molecule has 1 N–H and O–H groups in total. The Bertz CT molecular complexity index is 384. The second-order valence-electron chi connectivity index (χ2n) is 4.98. The molecular weight excluding hydrogens is 214 g/mol. The van der Waals surface area contributed by atoms with Crippen molar-refractivity contribution in [2.75, 3.05) is 5.75 Å². The van der Waals surface area contributed by atoms with E-state index in [0.717, 1.165) is 6.04 Å². The van der Waals surface area contributed by atoms with Crippen molar-refractivity contribution in [1.82, 2.24) is 5.32 Å². The van der Waals surface area contributed by atoms with E-state index in [1.54, 1.807) is 5.56 Å². The minimum atomic E-state index is 0.609. The lowest BCUT2D eigenvalue weighted by atomic mass is 10.0. The topological polar surface area (TPSA) is 12.0 Å². The van der Waals surface area contributed by atoms with Crippen LogP contribution in [0.15, 0.2) is 23.1 Å². The minimum absolute atomic E-state index is 0.609. The van der Waals surface area contributed by atoms with E-state index in [0.29, 0.717) is 6.04 Å². The van der Waals surface area contributed by atoms with Crippen molar-refractivity contribution >= 4 is 11.8 Å². The molecule has 0 saturated heterocycles. The van der Waals surface area contributed by atoms with E-state index < -0.39 is 0 Å². The molecule has 1 aliphatic carbocycles. The van der Waals surface area contributed by atoms with Gasteiger partial charge in [-0.05, 0) is 49.5 Å². The lowest BCUT2D eigenvalue weighted by Crippen LogP contribution is -2.23. The molecule has 1 nitrogen and oxygen atoms in total. The molecule has 1 saturated carbocycles. The van der Waals surface area contributed by atoms with Gasteiger partial charge in [0.2, 0.25) is 0 Å². The Hall–Kier alpha value is -0.470. The molecule has 16 heavy (non-hydrogen) atoms. The fraction of sp³-hybridized carbons (Fsp3) is 0.571. The maximum Gasteiger partial charge on any atom is 0.0334 e. The molecule has 0 aromatic heterocycles. The summed E-state index contributed by atoms with van der Waals surface area (Å²) in [6.07, 6.45) is 5.40. The maximum atomic E-state index is 3.80. The Kier molecular flexibility index (Phi) is 2.95. The Morgan fingerprint density at radius 3 is 2.94 bits per heavy atom. The van der Waals surface area contributed by atoms with E-state index >= 15 is 0 Å². The van der Waals surface area contributed by atoms with E-state index in [2.05, 4.69) is 30.4 Å². The normalized spacial score (nSPS) is 24.9. The Morgan fingerprint density at radius 1 is 1.25 bits per heavy atom. The van der Waals surface area contributed by atoms with Gasteiger partial charge in [-0.1, -0.05) is 18.2 Å². The lowest BCUT2D eigenvalue weighted by Gasteiger charge is -2.19. The predicted octanol–water partition coefficient (Wildman–Crippen LogP) is 3.67. The van der Waals surface area contributed by atoms with Gasteiger partial charge in [-0.2, -0.15) is 0 Å². The Balaban J connectivity index is 1.92. The summed E-state index contributed by atoms with van der Waals surface area (Å²) < 4.78 is 0. The summed E-state index contributed by atoms with van der Waals surface area (Å²) in [5.41, 5.74) is 3.00. The summed E-state index contributed by atoms with van der Waals surface area (Å²) in [6, 6.07) is 8.19. The van der Waals surface area contributed by atoms with E-state index in [1.807, 2.05) is 11.8 Å². The van der Waals surface area contributed by atoms with Crippen molar-refractivity contribution in [3.05, 3.63) is 29.3 Å². The molecule has 3 rings (SSSR count). The second kappa shape index (κ2) is 4.42. The third-order valence-electron chi connectivity index (χ3n) is 3.52. The molecule has 1 fully saturated rings. The molecule has 2 aliphatic rings. The van der Waals surface area contributed by atoms with Crippen LogP contribution in [-0.2, 0) is 0 Å². The van der Waals surface area contributed by atoms with Crippen LogP contribution in [0.25, 0.3) is 0 Å². The zero-order valence-electron chi connectivity index (χ0n) is 9.83. The lowest BCUT2D eigenvalue weighted by molar-refractivity contribution is 0.490. The zero-order valence-corrected chi connectivity index (χ0v) is 10.6. The molecule has 0 bridgehead atoms. The van der Waals surface area contributed by atoms with Crippen molar-refractivity contribution in [1.29, 1.82) is 0 Å². The summed E-state index contributed by atoms with van der Waals surface area (Å²) >= 11 is 2.05. The van der Waals surface area contributed by atoms with Crippen LogP contribution >= 0.6 is 11.8 Å². The van der Waals surface area contributed by atoms with Crippen molar-refractivity contribution in [3.63, 3.8) is 0 Å². The van der Waals surface area contributed by atoms with Crippen molar-refractivity contribution in [3.8, 4) is 0 Å². The molecule has 1 aliphatic heterocycles. The number of nitrogens with one attached hydrogen (secondary N) is 1. The molecule has 0 spiro atoms. The van der Waals surface area contributed by atoms with Gasteiger partial charge in [0.05, 0.1) is 0 Å². The van der Waals surface area contributed by atoms with Gasteiger partial charge in [0.25, 0.3) is 0 Å². The van der Waals surface area contributed by atoms with Crippen molar-refractivity contribution < 1.29 is 0 Å². The standard InChI is InChI=1S/C14H19NS/c1-10-4-2-5-12-13(15-11-7-8-11)6-3-9-16-14(10)12/h2,4-5,11,13,15H,3,6-9H2,1H3. The highest BCUT2D eigenvalue weighted by Gasteiger charge is 2.27. The molecule has 1 aromatic carbocycles. The first-order chi connectivity index (χ1) is 7.84. The third-order valence-corrected chi connectivity index (χ3v) is 4.85. The third kappa shape index (κ3) is 2.14. The smallest absolute Gasteiger partial charge is 0.0334 e. The summed E-state index contributed by atoms with van der Waals surface area (Å²) in [6.45, 7) is 2.24. The SMILES string of the molecule is Cc1cccc2c1SCCCC2NC1CC1. The number of rotatable bonds is 2. The van der Waals surface area contributed by atoms with Crippen LogP contribution in [-0.4, -0.2) is 11.8 Å². The summed E-state index contributed by atoms with van der Waals surface area (Å²) in [7, 11) is 0. The number of thioether (sulfide) groups is 1. The van der Waals surface area contributed by atoms with Crippen LogP contribution < -0.4 is 5.32 Å². The van der Waals surface area contributed by atoms with Crippen LogP contribution in [0.4, 0.5) is 0 Å². The molecule has 1 heterocycles. The number of aryl methyl sites for hydroxylation is 1. The average molecular weight is 233 g/mol. The zero-order chi connectivity index (χ0) is 11.0. The average Bonchev–Trinajstić information content (AvgIpc) is 3.08. The molecule has 2 heteroatoms. The van der Waals surface area contributed by atoms with Gasteiger partial charge in [0, 0.05) is 17.0 Å². The largest absolute Gasteiger partial charge is 0.307 e. The van der Waals surface area contributed by atoms with Gasteiger partial charge in [-0.25, -0.2) is 0 Å². The molecule has 86 valence electrons. The van der Waals surface area contributed by atoms with Crippen LogP contribution in [0.2, 0.25) is 0 Å². The number of hydrogen-bond donors (Lipinski definition) is 1. The highest BCUT2D eigenvalue weighted by atomic mass is 32.2. The van der Waals surface area contributed by atoms with E-state index in [1.165, 1.54) is 41.9 Å². The highest BCUT2D eigenvalue weighted by Crippen LogP contribution is 2.38. The fourth-order valence-corrected chi connectivity index (χ4v) is 3.66. The van der Waals surface area contributed by atoms with E-state index in [-0.39, 0.29) is 0 Å². The van der Waals surface area contributed by atoms with Crippen LogP contribution in [0.5, 0.6) is 0 Å². The van der Waals surface area contributed by atoms with Gasteiger partial charge in [-0.3, -0.25) is 0 Å². The Labute approximate surface area is 102 Å². The summed E-state index contributed by atoms with van der Waals surface area (Å²) in [5, 5.41) is 3.80. The van der Waals surface area contributed by atoms with Crippen LogP contribution in [0.3, 0.4) is 0 Å². The number of benzene rings is 1. The van der Waals surface area contributed by atoms with E-state index in [4.69, 9.17) is 0 Å². The number of fused-ring (bicyclic) bond motifs is 1. The monoisotopic (exact) mass is 233 g/mol. The summed E-state index contributed by atoms with van der Waals surface area (Å²) in [5.74, 6) is 1.28. The molecule has 1 atom stereocenters. The molecule has 1 aromatic rings. The van der Waals surface area contributed by atoms with Gasteiger partial charge >= 0.3 is 0 Å². The van der Waals surface area contributed by atoms with Crippen LogP contribution in [0.1, 0.15) is 42.9 Å². The van der Waals surface area contributed by atoms with Gasteiger partial charge < -0.3 is 5.32 Å². The van der Waals surface area contributed by atoms with Gasteiger partial charge in [0.1, 0.15) is 0 Å². The Morgan fingerprint density at radius 2 is 2.12 bits per heavy atom. The van der Waals surface area contributed by atoms with Gasteiger partial charge in [0.15, 0.2) is 0 Å². The highest BCUT2D eigenvalue weighted by molar-refractivity contribution is 7.99. The first-order valence-corrected chi connectivity index (χ1v) is 7.31. The second-order valence-corrected chi connectivity index (χ2v) is 6.08. The molecular formula is C14H19NS. The fourth-order valence-electron chi connectivity index (χ4n) is 2.47. The van der Waals surface area contributed by atoms with Crippen molar-refractivity contribution in [2.45, 2.75) is 49.6 Å².